The number of hydrogen-bond donors (Lipinski definition) is 1. The SMILES string of the molecule is CCCCCCCCNCCCn1ccnn1. The topological polar surface area (TPSA) is 42.7 Å². The van der Waals surface area contributed by atoms with Gasteiger partial charge in [0, 0.05) is 12.7 Å². The van der Waals surface area contributed by atoms with E-state index in [1.807, 2.05) is 10.9 Å². The third kappa shape index (κ3) is 7.91. The standard InChI is InChI=1S/C13H26N4/c1-2-3-4-5-6-7-9-14-10-8-12-17-13-11-15-16-17/h11,13-14H,2-10,12H2,1H3. The summed E-state index contributed by atoms with van der Waals surface area (Å²) in [5, 5.41) is 11.2. The number of nitrogens with one attached hydrogen (secondary N) is 1. The molecule has 1 rings (SSSR count). The minimum atomic E-state index is 0.962. The van der Waals surface area contributed by atoms with Crippen molar-refractivity contribution in [1.82, 2.24) is 20.3 Å². The first kappa shape index (κ1) is 14.2. The molecule has 0 aromatic carbocycles. The lowest BCUT2D eigenvalue weighted by molar-refractivity contribution is 0.516. The maximum Gasteiger partial charge on any atom is 0.0692 e. The van der Waals surface area contributed by atoms with E-state index in [1.54, 1.807) is 6.20 Å². The van der Waals surface area contributed by atoms with Gasteiger partial charge in [-0.1, -0.05) is 44.2 Å². The molecular formula is C13H26N4. The Hall–Kier alpha value is -0.900. The number of nitrogens with zero attached hydrogens (tertiary/aromatic N) is 3. The second-order valence-corrected chi connectivity index (χ2v) is 4.54. The zero-order valence-electron chi connectivity index (χ0n) is 11.1. The molecule has 1 heterocycles. The molecule has 4 heteroatoms. The molecule has 1 aromatic rings. The Labute approximate surface area is 105 Å². The zero-order valence-corrected chi connectivity index (χ0v) is 11.1. The van der Waals surface area contributed by atoms with Crippen molar-refractivity contribution in [3.8, 4) is 0 Å². The Morgan fingerprint density at radius 1 is 1.00 bits per heavy atom. The predicted molar refractivity (Wildman–Crippen MR) is 70.9 cm³/mol. The highest BCUT2D eigenvalue weighted by molar-refractivity contribution is 4.63. The van der Waals surface area contributed by atoms with E-state index in [0.29, 0.717) is 0 Å². The Morgan fingerprint density at radius 3 is 2.53 bits per heavy atom. The highest BCUT2D eigenvalue weighted by atomic mass is 15.4. The van der Waals surface area contributed by atoms with Crippen molar-refractivity contribution in [2.45, 2.75) is 58.4 Å². The molecule has 0 saturated heterocycles. The number of unbranched alkanes of at least 4 members (excludes halogenated alkanes) is 5. The minimum Gasteiger partial charge on any atom is -0.317 e. The van der Waals surface area contributed by atoms with Gasteiger partial charge >= 0.3 is 0 Å². The first-order valence-electron chi connectivity index (χ1n) is 6.98. The van der Waals surface area contributed by atoms with Crippen LogP contribution in [0.5, 0.6) is 0 Å². The van der Waals surface area contributed by atoms with Gasteiger partial charge in [0.05, 0.1) is 6.20 Å². The molecule has 0 aliphatic carbocycles. The average Bonchev–Trinajstić information content (AvgIpc) is 2.85. The van der Waals surface area contributed by atoms with Gasteiger partial charge in [0.15, 0.2) is 0 Å². The third-order valence-corrected chi connectivity index (χ3v) is 2.92. The number of aromatic nitrogens is 3. The van der Waals surface area contributed by atoms with Crippen LogP contribution >= 0.6 is 0 Å². The molecule has 17 heavy (non-hydrogen) atoms. The Balaban J connectivity index is 1.76. The van der Waals surface area contributed by atoms with Crippen LogP contribution in [-0.4, -0.2) is 28.1 Å². The number of aryl methyl sites for hydroxylation is 1. The molecule has 0 unspecified atom stereocenters. The van der Waals surface area contributed by atoms with Crippen LogP contribution in [0.4, 0.5) is 0 Å². The summed E-state index contributed by atoms with van der Waals surface area (Å²) in [5.74, 6) is 0. The van der Waals surface area contributed by atoms with Crippen molar-refractivity contribution in [3.63, 3.8) is 0 Å². The summed E-state index contributed by atoms with van der Waals surface area (Å²) in [6.07, 6.45) is 13.0. The lowest BCUT2D eigenvalue weighted by atomic mass is 10.1. The van der Waals surface area contributed by atoms with Crippen LogP contribution in [0.2, 0.25) is 0 Å². The zero-order chi connectivity index (χ0) is 12.2. The van der Waals surface area contributed by atoms with E-state index in [0.717, 1.165) is 26.1 Å². The van der Waals surface area contributed by atoms with Gasteiger partial charge < -0.3 is 5.32 Å². The average molecular weight is 238 g/mol. The Morgan fingerprint density at radius 2 is 1.76 bits per heavy atom. The largest absolute Gasteiger partial charge is 0.317 e. The number of hydrogen-bond acceptors (Lipinski definition) is 3. The van der Waals surface area contributed by atoms with Crippen molar-refractivity contribution in [2.24, 2.45) is 0 Å². The first-order valence-corrected chi connectivity index (χ1v) is 6.98. The Bertz CT molecular complexity index is 246. The van der Waals surface area contributed by atoms with E-state index in [9.17, 15) is 0 Å². The third-order valence-electron chi connectivity index (χ3n) is 2.92. The highest BCUT2D eigenvalue weighted by Crippen LogP contribution is 2.03. The lowest BCUT2D eigenvalue weighted by Gasteiger charge is -2.04. The molecule has 0 spiro atoms. The van der Waals surface area contributed by atoms with Crippen molar-refractivity contribution >= 4 is 0 Å². The van der Waals surface area contributed by atoms with Gasteiger partial charge in [-0.2, -0.15) is 0 Å². The van der Waals surface area contributed by atoms with Crippen molar-refractivity contribution < 1.29 is 0 Å². The molecule has 1 N–H and O–H groups in total. The summed E-state index contributed by atoms with van der Waals surface area (Å²) in [4.78, 5) is 0. The van der Waals surface area contributed by atoms with Crippen LogP contribution in [0.3, 0.4) is 0 Å². The molecule has 0 amide bonds. The van der Waals surface area contributed by atoms with Gasteiger partial charge in [0.25, 0.3) is 0 Å². The maximum absolute atomic E-state index is 3.93. The quantitative estimate of drug-likeness (QED) is 0.603. The van der Waals surface area contributed by atoms with Gasteiger partial charge in [-0.25, -0.2) is 0 Å². The first-order chi connectivity index (χ1) is 8.43. The van der Waals surface area contributed by atoms with Crippen molar-refractivity contribution in [2.75, 3.05) is 13.1 Å². The number of rotatable bonds is 11. The Kier molecular flexibility index (Phi) is 8.55. The molecule has 0 radical (unpaired) electrons. The second-order valence-electron chi connectivity index (χ2n) is 4.54. The molecule has 0 aliphatic heterocycles. The molecule has 4 nitrogen and oxygen atoms in total. The second kappa shape index (κ2) is 10.3. The summed E-state index contributed by atoms with van der Waals surface area (Å²) >= 11 is 0. The molecule has 0 atom stereocenters. The van der Waals surface area contributed by atoms with Gasteiger partial charge in [0.2, 0.25) is 0 Å². The fourth-order valence-electron chi connectivity index (χ4n) is 1.87. The van der Waals surface area contributed by atoms with E-state index in [-0.39, 0.29) is 0 Å². The summed E-state index contributed by atoms with van der Waals surface area (Å²) in [6, 6.07) is 0. The van der Waals surface area contributed by atoms with Crippen LogP contribution in [0.15, 0.2) is 12.4 Å². The van der Waals surface area contributed by atoms with E-state index in [4.69, 9.17) is 0 Å². The summed E-state index contributed by atoms with van der Waals surface area (Å²) < 4.78 is 1.88. The van der Waals surface area contributed by atoms with Gasteiger partial charge in [0.1, 0.15) is 0 Å². The molecule has 0 bridgehead atoms. The molecule has 0 saturated carbocycles. The van der Waals surface area contributed by atoms with Crippen molar-refractivity contribution in [1.29, 1.82) is 0 Å². The lowest BCUT2D eigenvalue weighted by Crippen LogP contribution is -2.18. The monoisotopic (exact) mass is 238 g/mol. The maximum atomic E-state index is 3.93. The fraction of sp³-hybridized carbons (Fsp3) is 0.846. The van der Waals surface area contributed by atoms with E-state index < -0.39 is 0 Å². The fourth-order valence-corrected chi connectivity index (χ4v) is 1.87. The molecule has 0 fully saturated rings. The smallest absolute Gasteiger partial charge is 0.0692 e. The van der Waals surface area contributed by atoms with Crippen LogP contribution in [0, 0.1) is 0 Å². The van der Waals surface area contributed by atoms with Gasteiger partial charge in [-0.05, 0) is 25.9 Å². The molecule has 0 aliphatic rings. The molecular weight excluding hydrogens is 212 g/mol. The van der Waals surface area contributed by atoms with E-state index >= 15 is 0 Å². The van der Waals surface area contributed by atoms with E-state index in [1.165, 1.54) is 38.5 Å². The molecule has 98 valence electrons. The summed E-state index contributed by atoms with van der Waals surface area (Å²) in [7, 11) is 0. The highest BCUT2D eigenvalue weighted by Gasteiger charge is 1.93. The normalized spacial score (nSPS) is 10.9. The van der Waals surface area contributed by atoms with E-state index in [2.05, 4.69) is 22.6 Å². The predicted octanol–water partition coefficient (Wildman–Crippen LogP) is 2.62. The van der Waals surface area contributed by atoms with Crippen LogP contribution in [-0.2, 0) is 6.54 Å². The van der Waals surface area contributed by atoms with Crippen LogP contribution < -0.4 is 5.32 Å². The molecule has 1 aromatic heterocycles. The van der Waals surface area contributed by atoms with Gasteiger partial charge in [-0.3, -0.25) is 4.68 Å². The van der Waals surface area contributed by atoms with Crippen LogP contribution in [0.25, 0.3) is 0 Å². The van der Waals surface area contributed by atoms with Gasteiger partial charge in [-0.15, -0.1) is 5.10 Å². The summed E-state index contributed by atoms with van der Waals surface area (Å²) in [5.41, 5.74) is 0. The van der Waals surface area contributed by atoms with Crippen molar-refractivity contribution in [3.05, 3.63) is 12.4 Å². The summed E-state index contributed by atoms with van der Waals surface area (Å²) in [6.45, 7) is 5.46. The van der Waals surface area contributed by atoms with Crippen LogP contribution in [0.1, 0.15) is 51.9 Å². The minimum absolute atomic E-state index is 0.962.